The summed E-state index contributed by atoms with van der Waals surface area (Å²) < 4.78 is 0. The molecule has 0 radical (unpaired) electrons. The Morgan fingerprint density at radius 3 is 2.43 bits per heavy atom. The van der Waals surface area contributed by atoms with Gasteiger partial charge in [0.25, 0.3) is 0 Å². The van der Waals surface area contributed by atoms with E-state index >= 15 is 0 Å². The van der Waals surface area contributed by atoms with Gasteiger partial charge in [-0.05, 0) is 11.5 Å². The predicted molar refractivity (Wildman–Crippen MR) is 76.5 cm³/mol. The van der Waals surface area contributed by atoms with Crippen LogP contribution < -0.4 is 0 Å². The third-order valence-corrected chi connectivity index (χ3v) is 3.87. The summed E-state index contributed by atoms with van der Waals surface area (Å²) in [5.41, 5.74) is 0.802. The lowest BCUT2D eigenvalue weighted by atomic mass is 9.96. The van der Waals surface area contributed by atoms with E-state index in [1.165, 1.54) is 0 Å². The van der Waals surface area contributed by atoms with Gasteiger partial charge in [-0.2, -0.15) is 0 Å². The van der Waals surface area contributed by atoms with Crippen LogP contribution in [0.25, 0.3) is 0 Å². The van der Waals surface area contributed by atoms with E-state index in [1.807, 2.05) is 44.2 Å². The number of hydrogen-bond donors (Lipinski definition) is 1. The number of hydrogen-bond acceptors (Lipinski definition) is 3. The van der Waals surface area contributed by atoms with Crippen molar-refractivity contribution in [1.82, 2.24) is 4.90 Å². The molecule has 1 saturated heterocycles. The molecule has 1 aromatic carbocycles. The summed E-state index contributed by atoms with van der Waals surface area (Å²) in [5.74, 6) is -2.16. The van der Waals surface area contributed by atoms with Crippen LogP contribution >= 0.6 is 0 Å². The van der Waals surface area contributed by atoms with Crippen LogP contribution in [0.15, 0.2) is 30.3 Å². The van der Waals surface area contributed by atoms with Crippen molar-refractivity contribution in [3.63, 3.8) is 0 Å². The summed E-state index contributed by atoms with van der Waals surface area (Å²) in [6.45, 7) is 3.65. The van der Waals surface area contributed by atoms with Gasteiger partial charge in [0.15, 0.2) is 0 Å². The third kappa shape index (κ3) is 3.12. The highest BCUT2D eigenvalue weighted by molar-refractivity contribution is 6.06. The number of aliphatic carboxylic acids is 1. The maximum absolute atomic E-state index is 12.6. The Bertz CT molecular complexity index is 553. The largest absolute Gasteiger partial charge is 0.481 e. The molecule has 0 aromatic heterocycles. The minimum absolute atomic E-state index is 0.0940. The summed E-state index contributed by atoms with van der Waals surface area (Å²) in [4.78, 5) is 36.9. The zero-order chi connectivity index (χ0) is 15.6. The van der Waals surface area contributed by atoms with Crippen molar-refractivity contribution in [2.45, 2.75) is 38.6 Å². The summed E-state index contributed by atoms with van der Waals surface area (Å²) in [7, 11) is 0. The molecule has 1 aliphatic rings. The van der Waals surface area contributed by atoms with Crippen LogP contribution in [0.5, 0.6) is 0 Å². The number of amides is 2. The molecule has 1 heterocycles. The molecular formula is C16H19NO4. The summed E-state index contributed by atoms with van der Waals surface area (Å²) in [6, 6.07) is 8.56. The number of imide groups is 1. The molecular weight excluding hydrogens is 270 g/mol. The standard InChI is InChI=1S/C16H19NO4/c1-10(2)13(9-15(19)20)17-14(18)8-12(16(17)21)11-6-4-3-5-7-11/h3-7,10,12-13H,8-9H2,1-2H3,(H,19,20). The van der Waals surface area contributed by atoms with Gasteiger partial charge in [-0.25, -0.2) is 0 Å². The minimum atomic E-state index is -1.00. The van der Waals surface area contributed by atoms with Crippen LogP contribution in [-0.2, 0) is 14.4 Å². The molecule has 1 aliphatic heterocycles. The molecule has 0 spiro atoms. The number of rotatable bonds is 5. The number of nitrogens with zero attached hydrogens (tertiary/aromatic N) is 1. The minimum Gasteiger partial charge on any atom is -0.481 e. The summed E-state index contributed by atoms with van der Waals surface area (Å²) in [6.07, 6.45) is -0.0949. The second-order valence-electron chi connectivity index (χ2n) is 5.68. The average Bonchev–Trinajstić information content (AvgIpc) is 2.72. The summed E-state index contributed by atoms with van der Waals surface area (Å²) >= 11 is 0. The Balaban J connectivity index is 2.27. The molecule has 1 fully saturated rings. The predicted octanol–water partition coefficient (Wildman–Crippen LogP) is 2.03. The van der Waals surface area contributed by atoms with Crippen molar-refractivity contribution in [2.75, 3.05) is 0 Å². The maximum Gasteiger partial charge on any atom is 0.305 e. The first kappa shape index (κ1) is 15.2. The number of carboxylic acids is 1. The Hall–Kier alpha value is -2.17. The van der Waals surface area contributed by atoms with Gasteiger partial charge in [0.05, 0.1) is 18.4 Å². The Morgan fingerprint density at radius 2 is 1.90 bits per heavy atom. The number of likely N-dealkylation sites (tertiary alicyclic amines) is 1. The van der Waals surface area contributed by atoms with Gasteiger partial charge in [-0.1, -0.05) is 44.2 Å². The fourth-order valence-electron chi connectivity index (χ4n) is 2.75. The third-order valence-electron chi connectivity index (χ3n) is 3.87. The normalized spacial score (nSPS) is 20.1. The number of benzene rings is 1. The molecule has 112 valence electrons. The fourth-order valence-corrected chi connectivity index (χ4v) is 2.75. The van der Waals surface area contributed by atoms with Gasteiger partial charge in [0.2, 0.25) is 11.8 Å². The lowest BCUT2D eigenvalue weighted by molar-refractivity contribution is -0.145. The van der Waals surface area contributed by atoms with Crippen molar-refractivity contribution >= 4 is 17.8 Å². The molecule has 1 N–H and O–H groups in total. The molecule has 5 heteroatoms. The highest BCUT2D eigenvalue weighted by Gasteiger charge is 2.44. The Labute approximate surface area is 123 Å². The number of carbonyl (C=O) groups is 3. The van der Waals surface area contributed by atoms with E-state index < -0.39 is 17.9 Å². The van der Waals surface area contributed by atoms with Gasteiger partial charge in [0.1, 0.15) is 0 Å². The average molecular weight is 289 g/mol. The second kappa shape index (κ2) is 6.08. The van der Waals surface area contributed by atoms with E-state index in [0.717, 1.165) is 10.5 Å². The number of carbonyl (C=O) groups excluding carboxylic acids is 2. The fraction of sp³-hybridized carbons (Fsp3) is 0.438. The molecule has 2 rings (SSSR count). The first-order chi connectivity index (χ1) is 9.91. The van der Waals surface area contributed by atoms with Crippen LogP contribution in [-0.4, -0.2) is 33.8 Å². The van der Waals surface area contributed by atoms with Crippen LogP contribution in [0.4, 0.5) is 0 Å². The molecule has 0 aliphatic carbocycles. The van der Waals surface area contributed by atoms with E-state index in [2.05, 4.69) is 0 Å². The van der Waals surface area contributed by atoms with Crippen LogP contribution in [0.2, 0.25) is 0 Å². The van der Waals surface area contributed by atoms with Gasteiger partial charge in [0, 0.05) is 6.42 Å². The molecule has 1 aromatic rings. The van der Waals surface area contributed by atoms with Gasteiger partial charge in [-0.3, -0.25) is 19.3 Å². The highest BCUT2D eigenvalue weighted by Crippen LogP contribution is 2.33. The zero-order valence-corrected chi connectivity index (χ0v) is 12.2. The summed E-state index contributed by atoms with van der Waals surface area (Å²) in [5, 5.41) is 9.00. The lowest BCUT2D eigenvalue weighted by Gasteiger charge is -2.28. The molecule has 0 saturated carbocycles. The van der Waals surface area contributed by atoms with Crippen LogP contribution in [0.1, 0.15) is 38.2 Å². The van der Waals surface area contributed by atoms with E-state index in [4.69, 9.17) is 5.11 Å². The second-order valence-corrected chi connectivity index (χ2v) is 5.68. The van der Waals surface area contributed by atoms with Gasteiger partial charge >= 0.3 is 5.97 Å². The highest BCUT2D eigenvalue weighted by atomic mass is 16.4. The maximum atomic E-state index is 12.6. The van der Waals surface area contributed by atoms with E-state index in [1.54, 1.807) is 0 Å². The lowest BCUT2D eigenvalue weighted by Crippen LogP contribution is -2.44. The number of carboxylic acid groups (broad SMARTS) is 1. The smallest absolute Gasteiger partial charge is 0.305 e. The van der Waals surface area contributed by atoms with Crippen molar-refractivity contribution in [1.29, 1.82) is 0 Å². The molecule has 0 bridgehead atoms. The molecule has 2 unspecified atom stereocenters. The first-order valence-corrected chi connectivity index (χ1v) is 7.04. The Kier molecular flexibility index (Phi) is 4.40. The quantitative estimate of drug-likeness (QED) is 0.842. The molecule has 2 amide bonds. The van der Waals surface area contributed by atoms with Crippen LogP contribution in [0, 0.1) is 5.92 Å². The zero-order valence-electron chi connectivity index (χ0n) is 12.2. The topological polar surface area (TPSA) is 74.7 Å². The monoisotopic (exact) mass is 289 g/mol. The van der Waals surface area contributed by atoms with Crippen molar-refractivity contribution in [3.05, 3.63) is 35.9 Å². The first-order valence-electron chi connectivity index (χ1n) is 7.04. The van der Waals surface area contributed by atoms with Crippen molar-refractivity contribution < 1.29 is 19.5 Å². The molecule has 2 atom stereocenters. The van der Waals surface area contributed by atoms with Crippen molar-refractivity contribution in [2.24, 2.45) is 5.92 Å². The van der Waals surface area contributed by atoms with Crippen molar-refractivity contribution in [3.8, 4) is 0 Å². The van der Waals surface area contributed by atoms with Gasteiger partial charge in [-0.15, -0.1) is 0 Å². The van der Waals surface area contributed by atoms with E-state index in [0.29, 0.717) is 0 Å². The molecule has 5 nitrogen and oxygen atoms in total. The van der Waals surface area contributed by atoms with E-state index in [-0.39, 0.29) is 30.6 Å². The Morgan fingerprint density at radius 1 is 1.29 bits per heavy atom. The van der Waals surface area contributed by atoms with Gasteiger partial charge < -0.3 is 5.11 Å². The molecule has 21 heavy (non-hydrogen) atoms. The van der Waals surface area contributed by atoms with Crippen LogP contribution in [0.3, 0.4) is 0 Å². The van der Waals surface area contributed by atoms with E-state index in [9.17, 15) is 14.4 Å². The SMILES string of the molecule is CC(C)C(CC(=O)O)N1C(=O)CC(c2ccccc2)C1=O.